The number of hydrogen-bond donors (Lipinski definition) is 2. The number of nitrogens with zero attached hydrogens (tertiary/aromatic N) is 16. The van der Waals surface area contributed by atoms with Gasteiger partial charge in [-0.3, -0.25) is 39.7 Å². The van der Waals surface area contributed by atoms with Crippen LogP contribution in [0.2, 0.25) is 0 Å². The minimum absolute atomic E-state index is 0. The Balaban J connectivity index is -0.0000000474. The second-order valence-corrected chi connectivity index (χ2v) is 27.5. The first kappa shape index (κ1) is 197. The molecular weight excluding hydrogens is 3590 g/mol. The number of amides is 1. The van der Waals surface area contributed by atoms with Crippen LogP contribution >= 0.6 is 7.92 Å². The van der Waals surface area contributed by atoms with E-state index >= 15 is 0 Å². The van der Waals surface area contributed by atoms with Gasteiger partial charge in [0.05, 0.1) is 58.7 Å². The topological polar surface area (TPSA) is 443 Å². The molecule has 1 saturated heterocycles. The molecule has 2 atom stereocenters. The third kappa shape index (κ3) is 111. The molecule has 832 valence electrons. The number of carbonyl (C=O) groups excluding carboxylic acids is 1. The van der Waals surface area contributed by atoms with Gasteiger partial charge in [0.15, 0.2) is 0 Å². The van der Waals surface area contributed by atoms with Crippen LogP contribution in [0.4, 0.5) is 0 Å². The Bertz CT molecular complexity index is 3470. The van der Waals surface area contributed by atoms with Crippen molar-refractivity contribution < 1.29 is 244 Å². The van der Waals surface area contributed by atoms with E-state index in [4.69, 9.17) is 45.2 Å². The Morgan fingerprint density at radius 1 is 0.478 bits per heavy atom. The van der Waals surface area contributed by atoms with Gasteiger partial charge in [-0.05, 0) is 147 Å². The van der Waals surface area contributed by atoms with Crippen LogP contribution in [0.5, 0.6) is 5.75 Å². The average Bonchev–Trinajstić information content (AvgIpc) is 0.910. The van der Waals surface area contributed by atoms with Crippen LogP contribution in [0, 0.1) is 116 Å². The summed E-state index contributed by atoms with van der Waals surface area (Å²) in [5.41, 5.74) is 54.2. The van der Waals surface area contributed by atoms with Crippen LogP contribution in [-0.2, 0) is 240 Å². The molecule has 0 bridgehead atoms. The number of phenols is 1. The Morgan fingerprint density at radius 2 is 0.848 bits per heavy atom. The Morgan fingerprint density at radius 3 is 1.14 bits per heavy atom. The molecule has 9 aromatic rings. The fourth-order valence-corrected chi connectivity index (χ4v) is 10.4. The number of aromatic nitrogens is 6. The number of para-hydroxylation sites is 1. The number of carboxylic acid groups (broad SMARTS) is 1. The summed E-state index contributed by atoms with van der Waals surface area (Å²) < 4.78 is 0. The van der Waals surface area contributed by atoms with Crippen molar-refractivity contribution in [1.82, 2.24) is 34.8 Å². The summed E-state index contributed by atoms with van der Waals surface area (Å²) in [4.78, 5) is 61.2. The van der Waals surface area contributed by atoms with Crippen molar-refractivity contribution in [3.05, 3.63) is 412 Å². The molecule has 27 nitrogen and oxygen atoms in total. The van der Waals surface area contributed by atoms with Crippen molar-refractivity contribution in [2.45, 2.75) is 65.6 Å². The summed E-state index contributed by atoms with van der Waals surface area (Å²) in [7, 11) is 4.25. The van der Waals surface area contributed by atoms with Crippen molar-refractivity contribution in [1.29, 1.82) is 0 Å². The van der Waals surface area contributed by atoms with Gasteiger partial charge in [-0.1, -0.05) is 67.4 Å². The molecule has 138 heavy (non-hydrogen) atoms. The van der Waals surface area contributed by atoms with Crippen LogP contribution in [0.3, 0.4) is 0 Å². The zero-order valence-corrected chi connectivity index (χ0v) is 107. The smallest absolute Gasteiger partial charge is 0.679 e. The monoisotopic (exact) mass is 3750 g/mol. The summed E-state index contributed by atoms with van der Waals surface area (Å²) in [5.74, 6) is -1.64. The third-order valence-electron chi connectivity index (χ3n) is 14.6. The second-order valence-electron chi connectivity index (χ2n) is 23.9. The molecule has 0 saturated carbocycles. The molecular formula is C100H160Au10N23O4P-18. The molecule has 8 heterocycles. The summed E-state index contributed by atoms with van der Waals surface area (Å²) in [5, 5.41) is 42.8. The Hall–Kier alpha value is -2.38. The number of pyridine rings is 6. The molecule has 1 fully saturated rings. The standard InChI is InChI=1S/C16H11N2.C15H11N3.C10H20N4.C9H11NO.C9H12N.C8H11N4O3.C6H15P.C5H5N.C4H10N3.2C2H6N2.14CH3.10Au/c1-2-7-13(8-3-1)14-10-6-11-16(18-14)15-9-4-5-12-17-15;1-3-10-16-12(6-1)14-8-5-9-15(18-14)13-7-2-4-11-17-13;1-3-11-7-9-13-5-2-6-14-10-8-12-4-1;1-2-10-7-8-5-3-4-6-9(8)11;1-10(2)8-9-6-4-3-5-7-9;9-2-7(13)12-6(8(14)15)1-5-3-10-4-11-5;1-4-7(5-2)6-3;1-2-4-6-5-3-1;5-1-3-7-4-2-6;2*3-1-2-4;;;;;;;;;;;;;;;;;;;;;;;;/h1-7,9-12H;1-11H;1-10H2;3-7,11H,2H2,1H3;3-6H,8H2,1-2H3;3-6,9H,1-2H2,(H2,12,13,14,15);4-6H2,1-3H3;1-5H;5-6H,1-4H2;2*3-4H,1-2H2;14*1H3;;;;;;;;;;/q-1;;-4;;2*-1;;;-3;2*-2;14*-1;;;;;;;+1;3*+3. The van der Waals surface area contributed by atoms with Crippen molar-refractivity contribution >= 4 is 38.6 Å². The van der Waals surface area contributed by atoms with E-state index in [0.29, 0.717) is 26.2 Å². The molecule has 9 N–H and O–H groups in total. The third-order valence-corrected chi connectivity index (χ3v) is 17.6. The van der Waals surface area contributed by atoms with E-state index < -0.39 is 24.5 Å². The van der Waals surface area contributed by atoms with E-state index in [-0.39, 0.29) is 380 Å². The maximum atomic E-state index is 10.8. The maximum absolute atomic E-state index is 10.8. The van der Waals surface area contributed by atoms with Gasteiger partial charge >= 0.3 is 89.5 Å². The normalized spacial score (nSPS) is 10.7. The van der Waals surface area contributed by atoms with Gasteiger partial charge in [-0.25, -0.2) is 9.98 Å². The number of aliphatic imine (C=N–C) groups is 3. The quantitative estimate of drug-likeness (QED) is 0.0211. The van der Waals surface area contributed by atoms with E-state index in [1.807, 2.05) is 171 Å². The minimum atomic E-state index is -1.19. The average molecular weight is 3750 g/mol. The number of phenolic OH excluding ortho intramolecular Hbond substituents is 1. The van der Waals surface area contributed by atoms with Crippen LogP contribution in [-0.4, -0.2) is 238 Å². The predicted molar refractivity (Wildman–Crippen MR) is 570 cm³/mol. The number of benzene rings is 3. The van der Waals surface area contributed by atoms with Crippen LogP contribution in [0.25, 0.3) is 117 Å². The van der Waals surface area contributed by atoms with Crippen molar-refractivity contribution in [3.63, 3.8) is 0 Å². The molecule has 2 unspecified atom stereocenters. The first-order valence-electron chi connectivity index (χ1n) is 38.1. The van der Waals surface area contributed by atoms with E-state index in [2.05, 4.69) is 135 Å². The van der Waals surface area contributed by atoms with Gasteiger partial charge in [0.25, 0.3) is 5.97 Å². The first-order chi connectivity index (χ1) is 55.7. The summed E-state index contributed by atoms with van der Waals surface area (Å²) >= 11 is 0. The van der Waals surface area contributed by atoms with Crippen molar-refractivity contribution in [3.8, 4) is 51.2 Å². The first-order valence-corrected chi connectivity index (χ1v) is 40.3. The fraction of sp³-hybridized carbons (Fsp3) is 0.330. The summed E-state index contributed by atoms with van der Waals surface area (Å²) in [6, 6.07) is 62.8. The van der Waals surface area contributed by atoms with Crippen LogP contribution in [0.1, 0.15) is 58.1 Å². The van der Waals surface area contributed by atoms with Gasteiger partial charge in [0.1, 0.15) is 12.1 Å². The molecule has 0 spiro atoms. The molecule has 38 heteroatoms. The van der Waals surface area contributed by atoms with Gasteiger partial charge in [0.2, 0.25) is 0 Å². The molecule has 2 aliphatic heterocycles. The minimum Gasteiger partial charge on any atom is -0.679 e. The maximum Gasteiger partial charge on any atom is 3.00 e. The van der Waals surface area contributed by atoms with Gasteiger partial charge in [-0.15, -0.1) is 48.0 Å². The molecule has 0 aliphatic carbocycles. The number of carbonyl (C=O) groups is 2. The van der Waals surface area contributed by atoms with Gasteiger partial charge < -0.3 is 196 Å². The molecule has 6 radical (unpaired) electrons. The second kappa shape index (κ2) is 145. The molecule has 3 aromatic carbocycles. The van der Waals surface area contributed by atoms with Crippen molar-refractivity contribution in [2.24, 2.45) is 15.0 Å². The number of carboxylic acids is 1. The number of aromatic hydroxyl groups is 1. The van der Waals surface area contributed by atoms with Crippen molar-refractivity contribution in [2.75, 3.05) is 150 Å². The molecule has 6 aromatic heterocycles. The predicted octanol–water partition coefficient (Wildman–Crippen LogP) is 26.0. The van der Waals surface area contributed by atoms with Crippen LogP contribution < -0.4 is 0 Å². The molecule has 11 rings (SSSR count). The van der Waals surface area contributed by atoms with E-state index in [0.717, 1.165) is 129 Å². The van der Waals surface area contributed by atoms with E-state index in [1.165, 1.54) is 36.6 Å². The number of aliphatic carboxylic acids is 1. The molecule has 2 aliphatic rings. The Labute approximate surface area is 999 Å². The fourth-order valence-electron chi connectivity index (χ4n) is 8.93. The zero-order valence-electron chi connectivity index (χ0n) is 84.2. The SMILES string of the molecule is C1C[N-]CC[N-]CCC[N-]CC[N-]C1.CCN=Cc1ccccc1O.CC[PH+](CC)CC.CN(C)Cc1[c-]cccc1.[Au+3].[Au+3].[Au+3].[Au+].[Au].[Au].[Au].[Au].[Au].[Au].[CH3-].[CH3-].[CH3-].[CH3-].[CH3-].[CH3-].[CH3-].[CH3-].[CH3-].[CH3-].[CH3-].[CH3-].[CH3-].[CH3-].[NH-]CC(=O)[N-]C(CC1C=NC=N1)C(=O)O.[NH-]CC[N-]CC[NH-].[NH-]CC[NH-].[NH-]CC[NH-].[c-]1ccccc1-c1cccc(-c2ccccn2)n1.c1ccc(-c2cccc(-c3ccccn3)n2)nc1.c1ccncc1. The van der Waals surface area contributed by atoms with Crippen LogP contribution in [0.15, 0.2) is 228 Å². The summed E-state index contributed by atoms with van der Waals surface area (Å²) in [6.45, 7) is 20.2. The van der Waals surface area contributed by atoms with E-state index in [1.54, 1.807) is 49.3 Å². The summed E-state index contributed by atoms with van der Waals surface area (Å²) in [6.07, 6.45) is 19.9. The number of rotatable bonds is 22. The largest absolute Gasteiger partial charge is 3.00 e. The van der Waals surface area contributed by atoms with Gasteiger partial charge in [0, 0.05) is 202 Å². The van der Waals surface area contributed by atoms with Gasteiger partial charge in [-0.2, -0.15) is 135 Å². The zero-order chi connectivity index (χ0) is 83.4. The Kier molecular flexibility index (Phi) is 208. The number of nitrogens with one attached hydrogen (secondary N) is 7. The molecule has 1 amide bonds. The van der Waals surface area contributed by atoms with E-state index in [9.17, 15) is 14.7 Å². The number of hydrogen-bond acceptors (Lipinski definition) is 13.